The number of para-hydroxylation sites is 1. The molecule has 0 spiro atoms. The van der Waals surface area contributed by atoms with E-state index in [0.29, 0.717) is 17.6 Å². The first-order valence-electron chi connectivity index (χ1n) is 19.0. The fraction of sp³-hybridized carbons (Fsp3) is 0. The van der Waals surface area contributed by atoms with E-state index < -0.39 is 0 Å². The molecule has 0 fully saturated rings. The maximum Gasteiger partial charge on any atom is 0.238 e. The number of hydrogen-bond acceptors (Lipinski definition) is 5. The fourth-order valence-corrected chi connectivity index (χ4v) is 9.68. The van der Waals surface area contributed by atoms with Gasteiger partial charge in [-0.15, -0.1) is 11.3 Å². The Bertz CT molecular complexity index is 3510. The predicted molar refractivity (Wildman–Crippen MR) is 236 cm³/mol. The summed E-state index contributed by atoms with van der Waals surface area (Å²) >= 11 is 1.83. The van der Waals surface area contributed by atoms with Crippen molar-refractivity contribution in [1.29, 1.82) is 0 Å². The van der Waals surface area contributed by atoms with Crippen LogP contribution in [0, 0.1) is 0 Å². The Kier molecular flexibility index (Phi) is 7.03. The van der Waals surface area contributed by atoms with Gasteiger partial charge in [0, 0.05) is 58.4 Å². The van der Waals surface area contributed by atoms with Crippen LogP contribution in [-0.2, 0) is 0 Å². The minimum Gasteiger partial charge on any atom is -0.456 e. The van der Waals surface area contributed by atoms with Gasteiger partial charge in [0.25, 0.3) is 0 Å². The number of fused-ring (bicyclic) bond motifs is 10. The van der Waals surface area contributed by atoms with Crippen LogP contribution in [0.3, 0.4) is 0 Å². The Hall–Kier alpha value is -7.41. The summed E-state index contributed by atoms with van der Waals surface area (Å²) in [6, 6.07) is 63.6. The summed E-state index contributed by atoms with van der Waals surface area (Å²) in [5.41, 5.74) is 10.0. The molecule has 0 aliphatic carbocycles. The summed E-state index contributed by atoms with van der Waals surface area (Å²) < 4.78 is 11.3. The normalized spacial score (nSPS) is 11.9. The molecule has 8 aromatic carbocycles. The Labute approximate surface area is 330 Å². The zero-order valence-corrected chi connectivity index (χ0v) is 31.2. The van der Waals surface area contributed by atoms with E-state index in [1.54, 1.807) is 0 Å². The van der Waals surface area contributed by atoms with Crippen molar-refractivity contribution in [3.63, 3.8) is 0 Å². The second-order valence-electron chi connectivity index (χ2n) is 14.3. The highest BCUT2D eigenvalue weighted by atomic mass is 32.1. The van der Waals surface area contributed by atoms with Crippen molar-refractivity contribution in [2.24, 2.45) is 0 Å². The zero-order chi connectivity index (χ0) is 37.5. The lowest BCUT2D eigenvalue weighted by molar-refractivity contribution is 0.669. The third-order valence-electron chi connectivity index (χ3n) is 11.1. The summed E-state index contributed by atoms with van der Waals surface area (Å²) in [4.78, 5) is 15.8. The van der Waals surface area contributed by atoms with Gasteiger partial charge in [-0.25, -0.2) is 4.98 Å². The number of thiophene rings is 1. The molecule has 0 saturated carbocycles. The lowest BCUT2D eigenvalue weighted by Gasteiger charge is -2.13. The molecule has 0 unspecified atom stereocenters. The molecule has 0 aliphatic heterocycles. The standard InChI is InChI=1S/C51H30N4OS/c1-4-14-31(15-5-1)35-21-13-24-41-45(35)37-27-26-34(30-42(37)56-41)50-52-49(33-18-8-3-9-19-33)53-51(54-50)55-40-28-29-44-47(38-20-10-11-25-43(38)57-44)46(40)39-23-12-22-36(48(39)55)32-16-6-2-7-17-32/h1-30H. The molecule has 5 nitrogen and oxygen atoms in total. The van der Waals surface area contributed by atoms with E-state index in [9.17, 15) is 0 Å². The first kappa shape index (κ1) is 31.9. The maximum absolute atomic E-state index is 6.57. The van der Waals surface area contributed by atoms with Gasteiger partial charge in [-0.2, -0.15) is 9.97 Å². The number of rotatable bonds is 5. The van der Waals surface area contributed by atoms with Gasteiger partial charge in [0.1, 0.15) is 11.2 Å². The number of benzene rings is 8. The van der Waals surface area contributed by atoms with Gasteiger partial charge < -0.3 is 4.42 Å². The first-order chi connectivity index (χ1) is 28.3. The molecule has 0 atom stereocenters. The van der Waals surface area contributed by atoms with E-state index in [2.05, 4.69) is 156 Å². The summed E-state index contributed by atoms with van der Waals surface area (Å²) in [6.45, 7) is 0. The Balaban J connectivity index is 1.16. The monoisotopic (exact) mass is 746 g/mol. The van der Waals surface area contributed by atoms with Crippen molar-refractivity contribution >= 4 is 75.3 Å². The van der Waals surface area contributed by atoms with Crippen LogP contribution < -0.4 is 0 Å². The fourth-order valence-electron chi connectivity index (χ4n) is 8.56. The van der Waals surface area contributed by atoms with Crippen LogP contribution in [0.2, 0.25) is 0 Å². The zero-order valence-electron chi connectivity index (χ0n) is 30.4. The number of nitrogens with zero attached hydrogens (tertiary/aromatic N) is 4. The lowest BCUT2D eigenvalue weighted by atomic mass is 9.99. The molecule has 0 amide bonds. The van der Waals surface area contributed by atoms with Crippen molar-refractivity contribution < 1.29 is 4.42 Å². The molecular weight excluding hydrogens is 717 g/mol. The summed E-state index contributed by atoms with van der Waals surface area (Å²) in [5.74, 6) is 1.72. The first-order valence-corrected chi connectivity index (χ1v) is 19.8. The van der Waals surface area contributed by atoms with E-state index >= 15 is 0 Å². The second kappa shape index (κ2) is 12.6. The minimum atomic E-state index is 0.553. The topological polar surface area (TPSA) is 56.7 Å². The summed E-state index contributed by atoms with van der Waals surface area (Å²) in [6.07, 6.45) is 0. The highest BCUT2D eigenvalue weighted by Crippen LogP contribution is 2.45. The molecule has 4 aromatic heterocycles. The van der Waals surface area contributed by atoms with Crippen LogP contribution in [0.15, 0.2) is 186 Å². The third kappa shape index (κ3) is 4.98. The lowest BCUT2D eigenvalue weighted by Crippen LogP contribution is -2.07. The van der Waals surface area contributed by atoms with Crippen molar-refractivity contribution in [2.75, 3.05) is 0 Å². The van der Waals surface area contributed by atoms with Gasteiger partial charge in [0.05, 0.1) is 11.0 Å². The van der Waals surface area contributed by atoms with Crippen LogP contribution in [0.5, 0.6) is 0 Å². The maximum atomic E-state index is 6.57. The molecular formula is C51H30N4OS. The van der Waals surface area contributed by atoms with Crippen LogP contribution in [0.25, 0.3) is 115 Å². The molecule has 0 bridgehead atoms. The molecule has 0 radical (unpaired) electrons. The van der Waals surface area contributed by atoms with Crippen molar-refractivity contribution in [2.45, 2.75) is 0 Å². The largest absolute Gasteiger partial charge is 0.456 e. The molecule has 12 rings (SSSR count). The minimum absolute atomic E-state index is 0.553. The van der Waals surface area contributed by atoms with E-state index in [4.69, 9.17) is 19.4 Å². The molecule has 0 saturated heterocycles. The van der Waals surface area contributed by atoms with Gasteiger partial charge in [0.2, 0.25) is 5.95 Å². The highest BCUT2D eigenvalue weighted by Gasteiger charge is 2.23. The molecule has 266 valence electrons. The molecule has 4 heterocycles. The van der Waals surface area contributed by atoms with E-state index in [-0.39, 0.29) is 0 Å². The SMILES string of the molecule is c1ccc(-c2nc(-c3ccc4c(c3)oc3cccc(-c5ccccc5)c34)nc(-n3c4ccc5sc6ccccc6c5c4c4cccc(-c5ccccc5)c43)n2)cc1. The van der Waals surface area contributed by atoms with Gasteiger partial charge in [-0.3, -0.25) is 4.57 Å². The van der Waals surface area contributed by atoms with Crippen LogP contribution >= 0.6 is 11.3 Å². The Morgan fingerprint density at radius 3 is 1.84 bits per heavy atom. The predicted octanol–water partition coefficient (Wildman–Crippen LogP) is 13.9. The van der Waals surface area contributed by atoms with Crippen molar-refractivity contribution in [3.8, 4) is 51.0 Å². The van der Waals surface area contributed by atoms with E-state index in [0.717, 1.165) is 71.7 Å². The molecule has 57 heavy (non-hydrogen) atoms. The van der Waals surface area contributed by atoms with Gasteiger partial charge in [-0.05, 0) is 53.1 Å². The average molecular weight is 747 g/mol. The quantitative estimate of drug-likeness (QED) is 0.176. The number of hydrogen-bond donors (Lipinski definition) is 0. The van der Waals surface area contributed by atoms with Crippen LogP contribution in [0.1, 0.15) is 0 Å². The van der Waals surface area contributed by atoms with Crippen LogP contribution in [0.4, 0.5) is 0 Å². The third-order valence-corrected chi connectivity index (χ3v) is 12.2. The molecule has 6 heteroatoms. The molecule has 12 aromatic rings. The van der Waals surface area contributed by atoms with Gasteiger partial charge in [-0.1, -0.05) is 146 Å². The summed E-state index contributed by atoms with van der Waals surface area (Å²) in [5, 5.41) is 7.00. The molecule has 0 aliphatic rings. The van der Waals surface area contributed by atoms with Gasteiger partial charge in [0.15, 0.2) is 11.6 Å². The average Bonchev–Trinajstić information content (AvgIpc) is 3.96. The van der Waals surface area contributed by atoms with Crippen molar-refractivity contribution in [3.05, 3.63) is 182 Å². The number of furan rings is 1. The van der Waals surface area contributed by atoms with Gasteiger partial charge >= 0.3 is 0 Å². The highest BCUT2D eigenvalue weighted by molar-refractivity contribution is 7.26. The van der Waals surface area contributed by atoms with E-state index in [1.807, 2.05) is 41.7 Å². The number of aromatic nitrogens is 4. The second-order valence-corrected chi connectivity index (χ2v) is 15.4. The van der Waals surface area contributed by atoms with Crippen LogP contribution in [-0.4, -0.2) is 19.5 Å². The van der Waals surface area contributed by atoms with E-state index in [1.165, 1.54) is 25.6 Å². The Morgan fingerprint density at radius 1 is 0.404 bits per heavy atom. The Morgan fingerprint density at radius 2 is 1.05 bits per heavy atom. The smallest absolute Gasteiger partial charge is 0.238 e. The summed E-state index contributed by atoms with van der Waals surface area (Å²) in [7, 11) is 0. The van der Waals surface area contributed by atoms with Crippen molar-refractivity contribution in [1.82, 2.24) is 19.5 Å². The molecule has 0 N–H and O–H groups in total.